The van der Waals surface area contributed by atoms with Crippen LogP contribution in [0.25, 0.3) is 0 Å². The second-order valence-electron chi connectivity index (χ2n) is 6.53. The number of nitrogens with one attached hydrogen (secondary N) is 1. The highest BCUT2D eigenvalue weighted by molar-refractivity contribution is 8.03. The van der Waals surface area contributed by atoms with Crippen molar-refractivity contribution in [3.63, 3.8) is 0 Å². The van der Waals surface area contributed by atoms with E-state index in [1.54, 1.807) is 0 Å². The molecule has 1 amide bonds. The number of hydrogen-bond donors (Lipinski definition) is 2. The molecule has 0 fully saturated rings. The minimum absolute atomic E-state index is 0.0924. The highest BCUT2D eigenvalue weighted by Gasteiger charge is 2.40. The second kappa shape index (κ2) is 6.17. The van der Waals surface area contributed by atoms with E-state index in [0.29, 0.717) is 23.4 Å². The fourth-order valence-electron chi connectivity index (χ4n) is 3.15. The van der Waals surface area contributed by atoms with Crippen LogP contribution < -0.4 is 11.1 Å². The third-order valence-corrected chi connectivity index (χ3v) is 5.05. The number of rotatable bonds is 4. The molecule has 0 radical (unpaired) electrons. The van der Waals surface area contributed by atoms with Gasteiger partial charge in [-0.2, -0.15) is 5.26 Å². The van der Waals surface area contributed by atoms with Crippen molar-refractivity contribution in [2.24, 2.45) is 17.1 Å². The van der Waals surface area contributed by atoms with Gasteiger partial charge in [0.15, 0.2) is 5.78 Å². The molecule has 0 aromatic heterocycles. The number of amides is 1. The molecular weight excluding hydrogens is 298 g/mol. The summed E-state index contributed by atoms with van der Waals surface area (Å²) < 4.78 is 0. The van der Waals surface area contributed by atoms with Gasteiger partial charge in [-0.25, -0.2) is 0 Å². The third-order valence-electron chi connectivity index (χ3n) is 4.01. The molecular formula is C16H21N3O2S. The number of allylic oxidation sites excluding steroid dienone is 3. The van der Waals surface area contributed by atoms with Gasteiger partial charge in [0.2, 0.25) is 5.91 Å². The highest BCUT2D eigenvalue weighted by Crippen LogP contribution is 2.44. The number of hydrogen-bond acceptors (Lipinski definition) is 5. The van der Waals surface area contributed by atoms with E-state index < -0.39 is 5.91 Å². The second-order valence-corrected chi connectivity index (χ2v) is 7.51. The molecule has 1 atom stereocenters. The molecule has 0 unspecified atom stereocenters. The fraction of sp³-hybridized carbons (Fsp3) is 0.562. The number of thioether (sulfide) groups is 1. The van der Waals surface area contributed by atoms with Crippen LogP contribution in [0.15, 0.2) is 21.9 Å². The molecule has 0 spiro atoms. The number of nitrogens with two attached hydrogens (primary N) is 1. The number of Topliss-reactive ketones (excluding diaryl/α,β-unsaturated/α-hetero) is 1. The summed E-state index contributed by atoms with van der Waals surface area (Å²) in [5.41, 5.74) is 7.30. The minimum Gasteiger partial charge on any atom is -0.369 e. The van der Waals surface area contributed by atoms with E-state index >= 15 is 0 Å². The van der Waals surface area contributed by atoms with Gasteiger partial charge in [-0.3, -0.25) is 9.59 Å². The number of primary amides is 1. The van der Waals surface area contributed by atoms with Crippen LogP contribution >= 0.6 is 11.8 Å². The summed E-state index contributed by atoms with van der Waals surface area (Å²) in [6.07, 6.45) is 1.96. The molecule has 0 saturated heterocycles. The van der Waals surface area contributed by atoms with Gasteiger partial charge in [0.25, 0.3) is 0 Å². The Morgan fingerprint density at radius 2 is 2.18 bits per heavy atom. The molecule has 1 heterocycles. The van der Waals surface area contributed by atoms with E-state index in [1.807, 2.05) is 6.92 Å². The third kappa shape index (κ3) is 3.20. The van der Waals surface area contributed by atoms with Crippen LogP contribution in [0.5, 0.6) is 0 Å². The molecule has 1 aliphatic carbocycles. The van der Waals surface area contributed by atoms with E-state index in [-0.39, 0.29) is 22.9 Å². The minimum atomic E-state index is -0.426. The summed E-state index contributed by atoms with van der Waals surface area (Å²) in [5.74, 6) is -0.369. The smallest absolute Gasteiger partial charge is 0.227 e. The Kier molecular flexibility index (Phi) is 4.66. The van der Waals surface area contributed by atoms with Crippen LogP contribution in [0.1, 0.15) is 40.0 Å². The van der Waals surface area contributed by atoms with E-state index in [2.05, 4.69) is 25.2 Å². The van der Waals surface area contributed by atoms with Crippen LogP contribution in [0.4, 0.5) is 0 Å². The Bertz CT molecular complexity index is 626. The van der Waals surface area contributed by atoms with Crippen molar-refractivity contribution in [3.05, 3.63) is 21.9 Å². The molecule has 2 aliphatic rings. The number of ketones is 1. The molecule has 22 heavy (non-hydrogen) atoms. The standard InChI is InChI=1S/C16H21N3O2S/c1-4-9-10(7-17)15(22-8-13(18)21)19-11-5-16(2,3)6-12(20)14(9)11/h9,19H,4-6,8H2,1-3H3,(H2,18,21)/t9-/m0/s1. The van der Waals surface area contributed by atoms with E-state index in [9.17, 15) is 14.9 Å². The van der Waals surface area contributed by atoms with Crippen molar-refractivity contribution in [1.29, 1.82) is 5.26 Å². The number of nitriles is 1. The zero-order valence-electron chi connectivity index (χ0n) is 13.2. The lowest BCUT2D eigenvalue weighted by molar-refractivity contribution is -0.118. The lowest BCUT2D eigenvalue weighted by Gasteiger charge is -2.38. The zero-order chi connectivity index (χ0) is 16.5. The van der Waals surface area contributed by atoms with Crippen LogP contribution in [0.2, 0.25) is 0 Å². The Morgan fingerprint density at radius 1 is 1.50 bits per heavy atom. The average molecular weight is 319 g/mol. The number of carbonyl (C=O) groups excluding carboxylic acids is 2. The maximum atomic E-state index is 12.5. The quantitative estimate of drug-likeness (QED) is 0.828. The van der Waals surface area contributed by atoms with Crippen molar-refractivity contribution in [1.82, 2.24) is 5.32 Å². The van der Waals surface area contributed by atoms with Gasteiger partial charge in [0.05, 0.1) is 22.4 Å². The van der Waals surface area contributed by atoms with Gasteiger partial charge in [-0.05, 0) is 18.3 Å². The topological polar surface area (TPSA) is 96.0 Å². The van der Waals surface area contributed by atoms with Gasteiger partial charge in [0.1, 0.15) is 0 Å². The van der Waals surface area contributed by atoms with Crippen LogP contribution in [0.3, 0.4) is 0 Å². The summed E-state index contributed by atoms with van der Waals surface area (Å²) in [7, 11) is 0. The molecule has 5 nitrogen and oxygen atoms in total. The Labute approximate surface area is 135 Å². The van der Waals surface area contributed by atoms with Crippen molar-refractivity contribution >= 4 is 23.5 Å². The molecule has 6 heteroatoms. The molecule has 1 aliphatic heterocycles. The molecule has 3 N–H and O–H groups in total. The van der Waals surface area contributed by atoms with Gasteiger partial charge in [-0.15, -0.1) is 0 Å². The van der Waals surface area contributed by atoms with Crippen LogP contribution in [0, 0.1) is 22.7 Å². The van der Waals surface area contributed by atoms with Crippen molar-refractivity contribution in [2.45, 2.75) is 40.0 Å². The number of nitrogens with zero attached hydrogens (tertiary/aromatic N) is 1. The number of carbonyl (C=O) groups is 2. The fourth-order valence-corrected chi connectivity index (χ4v) is 3.98. The maximum Gasteiger partial charge on any atom is 0.227 e. The molecule has 0 bridgehead atoms. The summed E-state index contributed by atoms with van der Waals surface area (Å²) >= 11 is 1.24. The van der Waals surface area contributed by atoms with Crippen molar-refractivity contribution < 1.29 is 9.59 Å². The normalized spacial score (nSPS) is 23.7. The van der Waals surface area contributed by atoms with Gasteiger partial charge in [0, 0.05) is 23.6 Å². The lowest BCUT2D eigenvalue weighted by atomic mass is 9.70. The highest BCUT2D eigenvalue weighted by atomic mass is 32.2. The predicted octanol–water partition coefficient (Wildman–Crippen LogP) is 2.21. The first-order chi connectivity index (χ1) is 10.3. The molecule has 0 aromatic carbocycles. The van der Waals surface area contributed by atoms with Crippen molar-refractivity contribution in [2.75, 3.05) is 5.75 Å². The Morgan fingerprint density at radius 3 is 2.73 bits per heavy atom. The molecule has 2 rings (SSSR count). The Hall–Kier alpha value is -1.74. The van der Waals surface area contributed by atoms with E-state index in [0.717, 1.165) is 17.7 Å². The summed E-state index contributed by atoms with van der Waals surface area (Å²) in [6.45, 7) is 6.11. The van der Waals surface area contributed by atoms with Gasteiger partial charge >= 0.3 is 0 Å². The van der Waals surface area contributed by atoms with Crippen LogP contribution in [-0.2, 0) is 9.59 Å². The Balaban J connectivity index is 2.41. The van der Waals surface area contributed by atoms with E-state index in [4.69, 9.17) is 5.73 Å². The lowest BCUT2D eigenvalue weighted by Crippen LogP contribution is -2.37. The van der Waals surface area contributed by atoms with Gasteiger partial charge in [-0.1, -0.05) is 32.5 Å². The molecule has 0 aromatic rings. The van der Waals surface area contributed by atoms with Crippen LogP contribution in [-0.4, -0.2) is 17.4 Å². The first-order valence-electron chi connectivity index (χ1n) is 7.37. The number of dihydropyridines is 1. The molecule has 118 valence electrons. The zero-order valence-corrected chi connectivity index (χ0v) is 14.0. The molecule has 0 saturated carbocycles. The van der Waals surface area contributed by atoms with Crippen molar-refractivity contribution in [3.8, 4) is 6.07 Å². The van der Waals surface area contributed by atoms with E-state index in [1.165, 1.54) is 11.8 Å². The monoisotopic (exact) mass is 319 g/mol. The largest absolute Gasteiger partial charge is 0.369 e. The average Bonchev–Trinajstić information content (AvgIpc) is 2.41. The predicted molar refractivity (Wildman–Crippen MR) is 86.3 cm³/mol. The first-order valence-corrected chi connectivity index (χ1v) is 8.36. The van der Waals surface area contributed by atoms with Gasteiger partial charge < -0.3 is 11.1 Å². The SMILES string of the molecule is CC[C@H]1C(C#N)=C(SCC(N)=O)NC2=C1C(=O)CC(C)(C)C2. The maximum absolute atomic E-state index is 12.5. The summed E-state index contributed by atoms with van der Waals surface area (Å²) in [5, 5.41) is 13.4. The summed E-state index contributed by atoms with van der Waals surface area (Å²) in [4.78, 5) is 23.6. The first kappa shape index (κ1) is 16.6. The summed E-state index contributed by atoms with van der Waals surface area (Å²) in [6, 6.07) is 2.21.